The van der Waals surface area contributed by atoms with E-state index in [2.05, 4.69) is 10.6 Å². The standard InChI is InChI=1S/C21H26N2O6/c1-27-17-10-14(11-18(28-2)20(17)29-3)12-19(25)22-8-5-9-23-21(26)15-6-4-7-16(24)13-15/h4,6-7,10-11,13,24H,5,8-9,12H2,1-3H3,(H,22,25)(H,23,26). The Morgan fingerprint density at radius 1 is 0.931 bits per heavy atom. The molecular weight excluding hydrogens is 376 g/mol. The van der Waals surface area contributed by atoms with Crippen molar-refractivity contribution in [2.24, 2.45) is 0 Å². The fraction of sp³-hybridized carbons (Fsp3) is 0.333. The number of nitrogens with one attached hydrogen (secondary N) is 2. The minimum Gasteiger partial charge on any atom is -0.508 e. The van der Waals surface area contributed by atoms with Crippen LogP contribution in [0, 0.1) is 0 Å². The number of rotatable bonds is 10. The molecule has 0 aromatic heterocycles. The molecule has 0 aliphatic rings. The van der Waals surface area contributed by atoms with Gasteiger partial charge in [0.25, 0.3) is 5.91 Å². The van der Waals surface area contributed by atoms with Crippen LogP contribution in [0.1, 0.15) is 22.3 Å². The Labute approximate surface area is 169 Å². The van der Waals surface area contributed by atoms with Crippen LogP contribution in [0.5, 0.6) is 23.0 Å². The van der Waals surface area contributed by atoms with Gasteiger partial charge in [0.1, 0.15) is 5.75 Å². The van der Waals surface area contributed by atoms with Crippen molar-refractivity contribution in [3.8, 4) is 23.0 Å². The molecule has 0 saturated carbocycles. The van der Waals surface area contributed by atoms with E-state index in [0.717, 1.165) is 5.56 Å². The lowest BCUT2D eigenvalue weighted by Gasteiger charge is -2.14. The third kappa shape index (κ3) is 6.31. The number of methoxy groups -OCH3 is 3. The summed E-state index contributed by atoms with van der Waals surface area (Å²) in [4.78, 5) is 24.1. The van der Waals surface area contributed by atoms with Gasteiger partial charge in [0.15, 0.2) is 11.5 Å². The zero-order chi connectivity index (χ0) is 21.2. The summed E-state index contributed by atoms with van der Waals surface area (Å²) < 4.78 is 15.8. The molecule has 8 nitrogen and oxygen atoms in total. The van der Waals surface area contributed by atoms with E-state index in [0.29, 0.717) is 42.3 Å². The molecule has 0 radical (unpaired) electrons. The van der Waals surface area contributed by atoms with E-state index in [1.165, 1.54) is 33.5 Å². The number of phenolic OH excluding ortho intramolecular Hbond substituents is 1. The average molecular weight is 402 g/mol. The lowest BCUT2D eigenvalue weighted by Crippen LogP contribution is -2.30. The maximum Gasteiger partial charge on any atom is 0.251 e. The topological polar surface area (TPSA) is 106 Å². The molecule has 0 saturated heterocycles. The molecule has 0 fully saturated rings. The van der Waals surface area contributed by atoms with Gasteiger partial charge in [-0.2, -0.15) is 0 Å². The first-order chi connectivity index (χ1) is 14.0. The summed E-state index contributed by atoms with van der Waals surface area (Å²) in [6.45, 7) is 0.822. The molecule has 2 rings (SSSR count). The number of hydrogen-bond donors (Lipinski definition) is 3. The highest BCUT2D eigenvalue weighted by atomic mass is 16.5. The zero-order valence-corrected chi connectivity index (χ0v) is 16.8. The molecular formula is C21H26N2O6. The SMILES string of the molecule is COc1cc(CC(=O)NCCCNC(=O)c2cccc(O)c2)cc(OC)c1OC. The molecule has 0 heterocycles. The maximum atomic E-state index is 12.2. The van der Waals surface area contributed by atoms with Gasteiger partial charge < -0.3 is 30.0 Å². The zero-order valence-electron chi connectivity index (χ0n) is 16.8. The molecule has 156 valence electrons. The fourth-order valence-electron chi connectivity index (χ4n) is 2.75. The van der Waals surface area contributed by atoms with Crippen LogP contribution in [0.4, 0.5) is 0 Å². The van der Waals surface area contributed by atoms with Crippen molar-refractivity contribution < 1.29 is 28.9 Å². The Morgan fingerprint density at radius 2 is 1.59 bits per heavy atom. The average Bonchev–Trinajstić information content (AvgIpc) is 2.72. The van der Waals surface area contributed by atoms with Crippen LogP contribution in [0.2, 0.25) is 0 Å². The molecule has 0 unspecified atom stereocenters. The lowest BCUT2D eigenvalue weighted by atomic mass is 10.1. The highest BCUT2D eigenvalue weighted by molar-refractivity contribution is 5.94. The van der Waals surface area contributed by atoms with Crippen molar-refractivity contribution in [2.75, 3.05) is 34.4 Å². The van der Waals surface area contributed by atoms with E-state index >= 15 is 0 Å². The highest BCUT2D eigenvalue weighted by Gasteiger charge is 2.14. The number of ether oxygens (including phenoxy) is 3. The summed E-state index contributed by atoms with van der Waals surface area (Å²) >= 11 is 0. The van der Waals surface area contributed by atoms with Crippen molar-refractivity contribution in [1.29, 1.82) is 0 Å². The van der Waals surface area contributed by atoms with Crippen LogP contribution < -0.4 is 24.8 Å². The highest BCUT2D eigenvalue weighted by Crippen LogP contribution is 2.38. The van der Waals surface area contributed by atoms with Crippen molar-refractivity contribution in [2.45, 2.75) is 12.8 Å². The molecule has 2 amide bonds. The van der Waals surface area contributed by atoms with E-state index in [1.54, 1.807) is 24.3 Å². The Balaban J connectivity index is 1.78. The molecule has 0 aliphatic carbocycles. The Kier molecular flexibility index (Phi) is 8.14. The van der Waals surface area contributed by atoms with Crippen LogP contribution in [-0.4, -0.2) is 51.3 Å². The van der Waals surface area contributed by atoms with Gasteiger partial charge in [0.2, 0.25) is 11.7 Å². The van der Waals surface area contributed by atoms with Crippen molar-refractivity contribution >= 4 is 11.8 Å². The largest absolute Gasteiger partial charge is 0.508 e. The maximum absolute atomic E-state index is 12.2. The lowest BCUT2D eigenvalue weighted by molar-refractivity contribution is -0.120. The van der Waals surface area contributed by atoms with Crippen molar-refractivity contribution in [3.63, 3.8) is 0 Å². The number of phenols is 1. The van der Waals surface area contributed by atoms with Gasteiger partial charge in [-0.25, -0.2) is 0 Å². The minimum absolute atomic E-state index is 0.0386. The Bertz CT molecular complexity index is 828. The number of benzene rings is 2. The third-order valence-corrected chi connectivity index (χ3v) is 4.16. The number of aromatic hydroxyl groups is 1. The summed E-state index contributed by atoms with van der Waals surface area (Å²) in [6.07, 6.45) is 0.734. The summed E-state index contributed by atoms with van der Waals surface area (Å²) in [5, 5.41) is 15.0. The van der Waals surface area contributed by atoms with E-state index in [4.69, 9.17) is 14.2 Å². The Morgan fingerprint density at radius 3 is 2.17 bits per heavy atom. The number of hydrogen-bond acceptors (Lipinski definition) is 6. The van der Waals surface area contributed by atoms with Gasteiger partial charge >= 0.3 is 0 Å². The van der Waals surface area contributed by atoms with Crippen molar-refractivity contribution in [1.82, 2.24) is 10.6 Å². The molecule has 0 spiro atoms. The second-order valence-electron chi connectivity index (χ2n) is 6.22. The quantitative estimate of drug-likeness (QED) is 0.524. The van der Waals surface area contributed by atoms with E-state index < -0.39 is 0 Å². The van der Waals surface area contributed by atoms with E-state index in [-0.39, 0.29) is 24.0 Å². The van der Waals surface area contributed by atoms with Gasteiger partial charge in [-0.1, -0.05) is 6.07 Å². The molecule has 2 aromatic carbocycles. The van der Waals surface area contributed by atoms with Gasteiger partial charge in [-0.15, -0.1) is 0 Å². The second-order valence-corrected chi connectivity index (χ2v) is 6.22. The second kappa shape index (κ2) is 10.8. The first-order valence-corrected chi connectivity index (χ1v) is 9.11. The van der Waals surface area contributed by atoms with Crippen LogP contribution in [0.3, 0.4) is 0 Å². The summed E-state index contributed by atoms with van der Waals surface area (Å²) in [6, 6.07) is 9.59. The van der Waals surface area contributed by atoms with Gasteiger partial charge in [-0.05, 0) is 42.3 Å². The predicted molar refractivity (Wildman–Crippen MR) is 108 cm³/mol. The number of carbonyl (C=O) groups excluding carboxylic acids is 2. The van der Waals surface area contributed by atoms with Gasteiger partial charge in [0.05, 0.1) is 27.8 Å². The molecule has 29 heavy (non-hydrogen) atoms. The monoisotopic (exact) mass is 402 g/mol. The van der Waals surface area contributed by atoms with E-state index in [1.807, 2.05) is 0 Å². The fourth-order valence-corrected chi connectivity index (χ4v) is 2.75. The van der Waals surface area contributed by atoms with Crippen LogP contribution in [0.15, 0.2) is 36.4 Å². The van der Waals surface area contributed by atoms with E-state index in [9.17, 15) is 14.7 Å². The smallest absolute Gasteiger partial charge is 0.251 e. The predicted octanol–water partition coefficient (Wildman–Crippen LogP) is 1.90. The number of carbonyl (C=O) groups is 2. The van der Waals surface area contributed by atoms with Crippen LogP contribution in [-0.2, 0) is 11.2 Å². The molecule has 0 atom stereocenters. The molecule has 3 N–H and O–H groups in total. The normalized spacial score (nSPS) is 10.2. The molecule has 0 bridgehead atoms. The Hall–Kier alpha value is -3.42. The van der Waals surface area contributed by atoms with Crippen LogP contribution >= 0.6 is 0 Å². The van der Waals surface area contributed by atoms with Crippen LogP contribution in [0.25, 0.3) is 0 Å². The first-order valence-electron chi connectivity index (χ1n) is 9.11. The van der Waals surface area contributed by atoms with Gasteiger partial charge in [0, 0.05) is 18.7 Å². The summed E-state index contributed by atoms with van der Waals surface area (Å²) in [7, 11) is 4.56. The summed E-state index contributed by atoms with van der Waals surface area (Å²) in [5.41, 5.74) is 1.12. The third-order valence-electron chi connectivity index (χ3n) is 4.16. The molecule has 2 aromatic rings. The van der Waals surface area contributed by atoms with Gasteiger partial charge in [-0.3, -0.25) is 9.59 Å². The first kappa shape index (κ1) is 21.9. The molecule has 0 aliphatic heterocycles. The number of amides is 2. The summed E-state index contributed by atoms with van der Waals surface area (Å²) in [5.74, 6) is 1.06. The van der Waals surface area contributed by atoms with Crippen molar-refractivity contribution in [3.05, 3.63) is 47.5 Å². The molecule has 8 heteroatoms. The minimum atomic E-state index is -0.273.